The average Bonchev–Trinajstić information content (AvgIpc) is 3.10. The molecule has 3 aromatic rings. The maximum atomic E-state index is 5.94. The first-order valence-electron chi connectivity index (χ1n) is 8.56. The van der Waals surface area contributed by atoms with Gasteiger partial charge in [0, 0.05) is 13.1 Å². The van der Waals surface area contributed by atoms with Crippen molar-refractivity contribution in [3.05, 3.63) is 77.6 Å². The highest BCUT2D eigenvalue weighted by Gasteiger charge is 2.23. The van der Waals surface area contributed by atoms with Gasteiger partial charge in [-0.3, -0.25) is 4.90 Å². The van der Waals surface area contributed by atoms with Crippen molar-refractivity contribution < 1.29 is 4.74 Å². The number of aromatic nitrogens is 4. The van der Waals surface area contributed by atoms with Gasteiger partial charge < -0.3 is 4.74 Å². The standard InChI is InChI=1S/C19H21N5O/c1-3-7-16(8-4-1)13-24-19(20-21-22-24)15-23-11-12-25-18(14-23)17-9-5-2-6-10-17/h1-10,18H,11-15H2/t18-/m0/s1. The number of rotatable bonds is 5. The fraction of sp³-hybridized carbons (Fsp3) is 0.316. The van der Waals surface area contributed by atoms with Crippen LogP contribution in [0.5, 0.6) is 0 Å². The molecular weight excluding hydrogens is 314 g/mol. The van der Waals surface area contributed by atoms with Crippen molar-refractivity contribution >= 4 is 0 Å². The fourth-order valence-corrected chi connectivity index (χ4v) is 3.13. The zero-order valence-corrected chi connectivity index (χ0v) is 14.0. The van der Waals surface area contributed by atoms with Gasteiger partial charge in [-0.15, -0.1) is 5.10 Å². The van der Waals surface area contributed by atoms with Crippen LogP contribution in [0.15, 0.2) is 60.7 Å². The normalized spacial score (nSPS) is 18.3. The Labute approximate surface area is 147 Å². The Bertz CT molecular complexity index is 790. The fourth-order valence-electron chi connectivity index (χ4n) is 3.13. The largest absolute Gasteiger partial charge is 0.371 e. The third-order valence-corrected chi connectivity index (χ3v) is 4.47. The van der Waals surface area contributed by atoms with Crippen LogP contribution in [-0.4, -0.2) is 44.8 Å². The zero-order valence-electron chi connectivity index (χ0n) is 14.0. The Morgan fingerprint density at radius 1 is 0.960 bits per heavy atom. The first-order chi connectivity index (χ1) is 12.4. The molecule has 6 nitrogen and oxygen atoms in total. The van der Waals surface area contributed by atoms with E-state index in [0.29, 0.717) is 6.54 Å². The molecule has 1 aliphatic heterocycles. The minimum Gasteiger partial charge on any atom is -0.371 e. The van der Waals surface area contributed by atoms with Gasteiger partial charge in [0.25, 0.3) is 0 Å². The third-order valence-electron chi connectivity index (χ3n) is 4.47. The predicted molar refractivity (Wildman–Crippen MR) is 93.8 cm³/mol. The van der Waals surface area contributed by atoms with Gasteiger partial charge in [0.15, 0.2) is 5.82 Å². The summed E-state index contributed by atoms with van der Waals surface area (Å²) in [5.74, 6) is 0.887. The minimum atomic E-state index is 0.105. The lowest BCUT2D eigenvalue weighted by Gasteiger charge is -2.32. The van der Waals surface area contributed by atoms with E-state index < -0.39 is 0 Å². The molecule has 2 aromatic carbocycles. The van der Waals surface area contributed by atoms with Crippen molar-refractivity contribution in [3.8, 4) is 0 Å². The van der Waals surface area contributed by atoms with E-state index in [2.05, 4.69) is 56.8 Å². The van der Waals surface area contributed by atoms with E-state index in [1.54, 1.807) is 0 Å². The minimum absolute atomic E-state index is 0.105. The van der Waals surface area contributed by atoms with E-state index >= 15 is 0 Å². The van der Waals surface area contributed by atoms with Crippen molar-refractivity contribution in [2.45, 2.75) is 19.2 Å². The predicted octanol–water partition coefficient (Wildman–Crippen LogP) is 2.29. The molecule has 0 unspecified atom stereocenters. The highest BCUT2D eigenvalue weighted by molar-refractivity contribution is 5.18. The molecule has 1 aromatic heterocycles. The summed E-state index contributed by atoms with van der Waals surface area (Å²) in [5, 5.41) is 12.2. The van der Waals surface area contributed by atoms with Crippen molar-refractivity contribution in [2.24, 2.45) is 0 Å². The Balaban J connectivity index is 1.43. The molecule has 0 amide bonds. The summed E-state index contributed by atoms with van der Waals surface area (Å²) in [6.07, 6.45) is 0.105. The topological polar surface area (TPSA) is 56.1 Å². The molecule has 2 heterocycles. The number of morpholine rings is 1. The van der Waals surface area contributed by atoms with Crippen molar-refractivity contribution in [1.82, 2.24) is 25.1 Å². The molecule has 0 aliphatic carbocycles. The van der Waals surface area contributed by atoms with Gasteiger partial charge in [0.1, 0.15) is 0 Å². The van der Waals surface area contributed by atoms with Gasteiger partial charge in [0.05, 0.1) is 25.8 Å². The molecule has 6 heteroatoms. The van der Waals surface area contributed by atoms with E-state index in [4.69, 9.17) is 4.74 Å². The SMILES string of the molecule is c1ccc(Cn2nnnc2CN2CCO[C@H](c3ccccc3)C2)cc1. The first-order valence-corrected chi connectivity index (χ1v) is 8.56. The molecule has 1 saturated heterocycles. The van der Waals surface area contributed by atoms with E-state index in [1.165, 1.54) is 11.1 Å². The molecule has 0 bridgehead atoms. The van der Waals surface area contributed by atoms with Crippen LogP contribution in [-0.2, 0) is 17.8 Å². The van der Waals surface area contributed by atoms with Crippen LogP contribution in [0.1, 0.15) is 23.1 Å². The van der Waals surface area contributed by atoms with Crippen LogP contribution < -0.4 is 0 Å². The van der Waals surface area contributed by atoms with Gasteiger partial charge in [-0.05, 0) is 21.6 Å². The Hall–Kier alpha value is -2.57. The summed E-state index contributed by atoms with van der Waals surface area (Å²) >= 11 is 0. The Kier molecular flexibility index (Phi) is 4.81. The molecule has 4 rings (SSSR count). The molecule has 1 atom stereocenters. The maximum Gasteiger partial charge on any atom is 0.165 e. The molecule has 0 saturated carbocycles. The quantitative estimate of drug-likeness (QED) is 0.716. The monoisotopic (exact) mass is 335 g/mol. The van der Waals surface area contributed by atoms with Crippen LogP contribution in [0.3, 0.4) is 0 Å². The lowest BCUT2D eigenvalue weighted by atomic mass is 10.1. The van der Waals surface area contributed by atoms with Gasteiger partial charge >= 0.3 is 0 Å². The van der Waals surface area contributed by atoms with Crippen LogP contribution in [0, 0.1) is 0 Å². The summed E-state index contributed by atoms with van der Waals surface area (Å²) in [5.41, 5.74) is 2.41. The Morgan fingerprint density at radius 2 is 1.72 bits per heavy atom. The third kappa shape index (κ3) is 3.92. The molecule has 1 aliphatic rings. The van der Waals surface area contributed by atoms with Crippen LogP contribution in [0.25, 0.3) is 0 Å². The second-order valence-electron chi connectivity index (χ2n) is 6.24. The number of benzene rings is 2. The smallest absolute Gasteiger partial charge is 0.165 e. The molecular formula is C19H21N5O. The Morgan fingerprint density at radius 3 is 2.52 bits per heavy atom. The van der Waals surface area contributed by atoms with Crippen LogP contribution >= 0.6 is 0 Å². The lowest BCUT2D eigenvalue weighted by Crippen LogP contribution is -2.38. The lowest BCUT2D eigenvalue weighted by molar-refractivity contribution is -0.0340. The van der Waals surface area contributed by atoms with Crippen molar-refractivity contribution in [3.63, 3.8) is 0 Å². The number of tetrazole rings is 1. The van der Waals surface area contributed by atoms with Gasteiger partial charge in [-0.1, -0.05) is 60.7 Å². The second-order valence-corrected chi connectivity index (χ2v) is 6.24. The van der Waals surface area contributed by atoms with Crippen LogP contribution in [0.4, 0.5) is 0 Å². The van der Waals surface area contributed by atoms with Gasteiger partial charge in [-0.2, -0.15) is 0 Å². The highest BCUT2D eigenvalue weighted by atomic mass is 16.5. The summed E-state index contributed by atoms with van der Waals surface area (Å²) in [4.78, 5) is 2.36. The van der Waals surface area contributed by atoms with E-state index in [9.17, 15) is 0 Å². The molecule has 0 spiro atoms. The molecule has 0 N–H and O–H groups in total. The number of ether oxygens (including phenoxy) is 1. The first kappa shape index (κ1) is 15.9. The van der Waals surface area contributed by atoms with Gasteiger partial charge in [0.2, 0.25) is 0 Å². The summed E-state index contributed by atoms with van der Waals surface area (Å²) in [6, 6.07) is 20.6. The van der Waals surface area contributed by atoms with E-state index in [-0.39, 0.29) is 6.10 Å². The zero-order chi connectivity index (χ0) is 16.9. The van der Waals surface area contributed by atoms with E-state index in [0.717, 1.165) is 32.1 Å². The molecule has 1 fully saturated rings. The molecule has 0 radical (unpaired) electrons. The average molecular weight is 335 g/mol. The molecule has 128 valence electrons. The number of hydrogen-bond donors (Lipinski definition) is 0. The summed E-state index contributed by atoms with van der Waals surface area (Å²) in [7, 11) is 0. The maximum absolute atomic E-state index is 5.94. The summed E-state index contributed by atoms with van der Waals surface area (Å²) in [6.45, 7) is 3.88. The van der Waals surface area contributed by atoms with Gasteiger partial charge in [-0.25, -0.2) is 4.68 Å². The van der Waals surface area contributed by atoms with Crippen molar-refractivity contribution in [1.29, 1.82) is 0 Å². The molecule has 25 heavy (non-hydrogen) atoms. The summed E-state index contributed by atoms with van der Waals surface area (Å²) < 4.78 is 7.82. The second kappa shape index (κ2) is 7.55. The highest BCUT2D eigenvalue weighted by Crippen LogP contribution is 2.22. The van der Waals surface area contributed by atoms with Crippen LogP contribution in [0.2, 0.25) is 0 Å². The van der Waals surface area contributed by atoms with Crippen molar-refractivity contribution in [2.75, 3.05) is 19.7 Å². The number of hydrogen-bond acceptors (Lipinski definition) is 5. The number of nitrogens with zero attached hydrogens (tertiary/aromatic N) is 5. The van der Waals surface area contributed by atoms with E-state index in [1.807, 2.05) is 28.9 Å².